The van der Waals surface area contributed by atoms with Gasteiger partial charge in [0, 0.05) is 12.7 Å². The normalized spacial score (nSPS) is 24.3. The second-order valence-corrected chi connectivity index (χ2v) is 11.6. The lowest BCUT2D eigenvalue weighted by atomic mass is 9.93. The van der Waals surface area contributed by atoms with E-state index in [1.54, 1.807) is 12.4 Å². The van der Waals surface area contributed by atoms with Gasteiger partial charge in [-0.3, -0.25) is 0 Å². The van der Waals surface area contributed by atoms with Crippen molar-refractivity contribution in [2.75, 3.05) is 14.2 Å². The molecule has 4 rings (SSSR count). The molecule has 0 aromatic heterocycles. The minimum Gasteiger partial charge on any atom is -0.496 e. The van der Waals surface area contributed by atoms with Gasteiger partial charge >= 0.3 is 0 Å². The standard InChI is InChI=1S/C26H37O2P/c1-27-23-17-11-18-24(28-2)26(23)22-16-9-10-19-25(22)29(20-12-5-3-6-13-20)21-14-7-4-8-15-21/h9-11,16-17,19-21,24H,3-8,12-15,18H2,1-2H3. The summed E-state index contributed by atoms with van der Waals surface area (Å²) in [4.78, 5) is 0. The molecule has 2 saturated carbocycles. The summed E-state index contributed by atoms with van der Waals surface area (Å²) < 4.78 is 11.8. The third-order valence-electron chi connectivity index (χ3n) is 7.12. The highest BCUT2D eigenvalue weighted by atomic mass is 31.1. The fraction of sp³-hybridized carbons (Fsp3) is 0.615. The van der Waals surface area contributed by atoms with Crippen molar-refractivity contribution in [2.45, 2.75) is 88.1 Å². The average Bonchev–Trinajstić information content (AvgIpc) is 2.80. The van der Waals surface area contributed by atoms with Crippen LogP contribution in [0, 0.1) is 0 Å². The average molecular weight is 413 g/mol. The molecule has 0 bridgehead atoms. The Morgan fingerprint density at radius 2 is 1.45 bits per heavy atom. The van der Waals surface area contributed by atoms with Gasteiger partial charge in [-0.2, -0.15) is 0 Å². The van der Waals surface area contributed by atoms with Crippen LogP contribution in [-0.4, -0.2) is 31.6 Å². The molecule has 0 saturated heterocycles. The largest absolute Gasteiger partial charge is 0.496 e. The van der Waals surface area contributed by atoms with Crippen molar-refractivity contribution in [2.24, 2.45) is 0 Å². The predicted molar refractivity (Wildman–Crippen MR) is 125 cm³/mol. The van der Waals surface area contributed by atoms with Gasteiger partial charge in [-0.15, -0.1) is 0 Å². The molecule has 2 nitrogen and oxygen atoms in total. The van der Waals surface area contributed by atoms with Gasteiger partial charge in [0.2, 0.25) is 0 Å². The van der Waals surface area contributed by atoms with E-state index < -0.39 is 0 Å². The summed E-state index contributed by atoms with van der Waals surface area (Å²) in [5.74, 6) is 0.984. The van der Waals surface area contributed by atoms with Crippen LogP contribution >= 0.6 is 7.92 Å². The molecule has 0 amide bonds. The van der Waals surface area contributed by atoms with E-state index in [-0.39, 0.29) is 14.0 Å². The summed E-state index contributed by atoms with van der Waals surface area (Å²) in [7, 11) is 3.48. The van der Waals surface area contributed by atoms with Crippen LogP contribution in [0.5, 0.6) is 0 Å². The van der Waals surface area contributed by atoms with Gasteiger partial charge < -0.3 is 9.47 Å². The number of hydrogen-bond donors (Lipinski definition) is 0. The molecular formula is C26H37O2P. The number of benzene rings is 1. The molecule has 29 heavy (non-hydrogen) atoms. The first kappa shape index (κ1) is 21.1. The van der Waals surface area contributed by atoms with E-state index in [1.807, 2.05) is 7.11 Å². The minimum atomic E-state index is -0.155. The van der Waals surface area contributed by atoms with Gasteiger partial charge in [-0.1, -0.05) is 76.8 Å². The van der Waals surface area contributed by atoms with Gasteiger partial charge in [0.1, 0.15) is 5.76 Å². The number of rotatable bonds is 6. The van der Waals surface area contributed by atoms with Gasteiger partial charge in [-0.25, -0.2) is 0 Å². The molecule has 1 aromatic rings. The highest BCUT2D eigenvalue weighted by Crippen LogP contribution is 2.56. The maximum absolute atomic E-state index is 5.93. The monoisotopic (exact) mass is 412 g/mol. The van der Waals surface area contributed by atoms with Crippen molar-refractivity contribution in [1.82, 2.24) is 0 Å². The fourth-order valence-electron chi connectivity index (χ4n) is 5.70. The molecule has 0 radical (unpaired) electrons. The van der Waals surface area contributed by atoms with Crippen molar-refractivity contribution in [1.29, 1.82) is 0 Å². The zero-order chi connectivity index (χ0) is 20.1. The number of methoxy groups -OCH3 is 2. The van der Waals surface area contributed by atoms with Crippen LogP contribution in [-0.2, 0) is 9.47 Å². The van der Waals surface area contributed by atoms with Gasteiger partial charge in [0.25, 0.3) is 0 Å². The van der Waals surface area contributed by atoms with Crippen molar-refractivity contribution < 1.29 is 9.47 Å². The lowest BCUT2D eigenvalue weighted by Crippen LogP contribution is -2.29. The smallest absolute Gasteiger partial charge is 0.124 e. The van der Waals surface area contributed by atoms with Crippen LogP contribution in [0.2, 0.25) is 0 Å². The lowest BCUT2D eigenvalue weighted by molar-refractivity contribution is 0.145. The first-order valence-electron chi connectivity index (χ1n) is 11.7. The Balaban J connectivity index is 1.79. The number of ether oxygens (including phenoxy) is 2. The van der Waals surface area contributed by atoms with Crippen molar-refractivity contribution in [3.8, 4) is 0 Å². The molecule has 1 atom stereocenters. The van der Waals surface area contributed by atoms with E-state index in [1.165, 1.54) is 75.3 Å². The molecule has 158 valence electrons. The van der Waals surface area contributed by atoms with E-state index in [9.17, 15) is 0 Å². The lowest BCUT2D eigenvalue weighted by Gasteiger charge is -2.40. The number of allylic oxidation sites excluding steroid dienone is 1. The predicted octanol–water partition coefficient (Wildman–Crippen LogP) is 6.79. The first-order chi connectivity index (χ1) is 14.3. The molecular weight excluding hydrogens is 375 g/mol. The summed E-state index contributed by atoms with van der Waals surface area (Å²) in [6.07, 6.45) is 19.6. The maximum atomic E-state index is 5.93. The summed E-state index contributed by atoms with van der Waals surface area (Å²) >= 11 is 0. The highest BCUT2D eigenvalue weighted by Gasteiger charge is 2.35. The van der Waals surface area contributed by atoms with Crippen LogP contribution in [0.1, 0.15) is 76.2 Å². The quantitative estimate of drug-likeness (QED) is 0.479. The topological polar surface area (TPSA) is 18.5 Å². The Kier molecular flexibility index (Phi) is 7.49. The third kappa shape index (κ3) is 4.64. The van der Waals surface area contributed by atoms with Gasteiger partial charge in [0.15, 0.2) is 0 Å². The molecule has 1 unspecified atom stereocenters. The van der Waals surface area contributed by atoms with E-state index >= 15 is 0 Å². The second kappa shape index (κ2) is 10.3. The van der Waals surface area contributed by atoms with Crippen molar-refractivity contribution >= 4 is 18.8 Å². The molecule has 2 fully saturated rings. The maximum Gasteiger partial charge on any atom is 0.124 e. The van der Waals surface area contributed by atoms with Crippen LogP contribution in [0.4, 0.5) is 0 Å². The molecule has 0 N–H and O–H groups in total. The number of hydrogen-bond acceptors (Lipinski definition) is 2. The zero-order valence-corrected chi connectivity index (χ0v) is 19.1. The van der Waals surface area contributed by atoms with Crippen molar-refractivity contribution in [3.05, 3.63) is 47.7 Å². The Morgan fingerprint density at radius 3 is 2.03 bits per heavy atom. The SMILES string of the molecule is COC1=C(c2ccccc2P(C2CCCCC2)C2CCCCC2)C(OC)CC=C1. The highest BCUT2D eigenvalue weighted by molar-refractivity contribution is 7.67. The Bertz CT molecular complexity index is 708. The van der Waals surface area contributed by atoms with Crippen LogP contribution in [0.25, 0.3) is 5.57 Å². The van der Waals surface area contributed by atoms with Gasteiger partial charge in [-0.05, 0) is 60.4 Å². The van der Waals surface area contributed by atoms with Crippen LogP contribution in [0.15, 0.2) is 42.2 Å². The van der Waals surface area contributed by atoms with E-state index in [0.29, 0.717) is 0 Å². The molecule has 0 spiro atoms. The van der Waals surface area contributed by atoms with E-state index in [2.05, 4.69) is 36.4 Å². The zero-order valence-electron chi connectivity index (χ0n) is 18.2. The fourth-order valence-corrected chi connectivity index (χ4v) is 9.66. The third-order valence-corrected chi connectivity index (χ3v) is 10.7. The summed E-state index contributed by atoms with van der Waals surface area (Å²) in [5.41, 5.74) is 4.47. The summed E-state index contributed by atoms with van der Waals surface area (Å²) in [6.45, 7) is 0. The molecule has 0 heterocycles. The summed E-state index contributed by atoms with van der Waals surface area (Å²) in [5, 5.41) is 1.63. The van der Waals surface area contributed by atoms with Crippen LogP contribution < -0.4 is 5.30 Å². The minimum absolute atomic E-state index is 0.0886. The molecule has 3 aliphatic carbocycles. The first-order valence-corrected chi connectivity index (χ1v) is 13.2. The van der Waals surface area contributed by atoms with Crippen molar-refractivity contribution in [3.63, 3.8) is 0 Å². The van der Waals surface area contributed by atoms with Gasteiger partial charge in [0.05, 0.1) is 13.2 Å². The Labute approximate surface area is 178 Å². The molecule has 0 aliphatic heterocycles. The Morgan fingerprint density at radius 1 is 0.828 bits per heavy atom. The van der Waals surface area contributed by atoms with E-state index in [0.717, 1.165) is 23.5 Å². The van der Waals surface area contributed by atoms with Crippen LogP contribution in [0.3, 0.4) is 0 Å². The molecule has 3 heteroatoms. The second-order valence-electron chi connectivity index (χ2n) is 8.85. The molecule has 3 aliphatic rings. The van der Waals surface area contributed by atoms with E-state index in [4.69, 9.17) is 9.47 Å². The Hall–Kier alpha value is -1.11. The molecule has 1 aromatic carbocycles. The summed E-state index contributed by atoms with van der Waals surface area (Å²) in [6, 6.07) is 9.28.